The molecule has 3 N–H and O–H groups in total. The van der Waals surface area contributed by atoms with E-state index in [1.807, 2.05) is 0 Å². The lowest BCUT2D eigenvalue weighted by Gasteiger charge is -2.12. The second-order valence-electron chi connectivity index (χ2n) is 6.49. The molecule has 4 aromatic rings. The van der Waals surface area contributed by atoms with E-state index in [2.05, 4.69) is 19.7 Å². The number of benzene rings is 1. The van der Waals surface area contributed by atoms with Gasteiger partial charge in [0.1, 0.15) is 11.5 Å². The molecular weight excluding hydrogens is 443 g/mol. The Hall–Kier alpha value is -3.37. The Bertz CT molecular complexity index is 1360. The van der Waals surface area contributed by atoms with Gasteiger partial charge in [-0.25, -0.2) is 14.4 Å². The van der Waals surface area contributed by atoms with E-state index >= 15 is 0 Å². The zero-order valence-corrected chi connectivity index (χ0v) is 18.0. The largest absolute Gasteiger partial charge is 0.480 e. The van der Waals surface area contributed by atoms with Crippen molar-refractivity contribution in [2.45, 2.75) is 4.90 Å². The number of hydrogen-bond donors (Lipinski definition) is 2. The van der Waals surface area contributed by atoms with Crippen LogP contribution in [0.1, 0.15) is 0 Å². The minimum absolute atomic E-state index is 0.0515. The van der Waals surface area contributed by atoms with Gasteiger partial charge in [0.25, 0.3) is 5.56 Å². The maximum atomic E-state index is 14.7. The number of halogens is 2. The van der Waals surface area contributed by atoms with Crippen molar-refractivity contribution in [3.63, 3.8) is 0 Å². The molecule has 11 heteroatoms. The summed E-state index contributed by atoms with van der Waals surface area (Å²) in [5.74, 6) is -0.0899. The van der Waals surface area contributed by atoms with Gasteiger partial charge in [-0.1, -0.05) is 11.6 Å². The number of aromatic nitrogens is 4. The first-order chi connectivity index (χ1) is 14.9. The molecule has 3 aromatic heterocycles. The number of hydrogen-bond acceptors (Lipinski definition) is 8. The van der Waals surface area contributed by atoms with Crippen LogP contribution in [0.25, 0.3) is 22.2 Å². The van der Waals surface area contributed by atoms with Gasteiger partial charge in [0.05, 0.1) is 22.6 Å². The predicted octanol–water partition coefficient (Wildman–Crippen LogP) is 3.89. The van der Waals surface area contributed by atoms with Crippen LogP contribution in [0.3, 0.4) is 0 Å². The molecule has 158 valence electrons. The summed E-state index contributed by atoms with van der Waals surface area (Å²) in [6.45, 7) is 0. The van der Waals surface area contributed by atoms with Gasteiger partial charge in [-0.3, -0.25) is 9.36 Å². The maximum Gasteiger partial charge on any atom is 0.259 e. The van der Waals surface area contributed by atoms with Crippen LogP contribution in [0.5, 0.6) is 5.88 Å². The molecule has 3 heterocycles. The number of nitrogens with zero attached hydrogens (tertiary/aromatic N) is 4. The highest BCUT2D eigenvalue weighted by molar-refractivity contribution is 8.00. The van der Waals surface area contributed by atoms with E-state index in [4.69, 9.17) is 22.1 Å². The third kappa shape index (κ3) is 4.12. The number of pyridine rings is 2. The minimum atomic E-state index is -0.537. The van der Waals surface area contributed by atoms with E-state index in [0.717, 1.165) is 0 Å². The fourth-order valence-electron chi connectivity index (χ4n) is 3.00. The summed E-state index contributed by atoms with van der Waals surface area (Å²) in [6.07, 6.45) is 2.97. The number of methoxy groups -OCH3 is 1. The standard InChI is InChI=1S/C20H16ClFN6O2S/c1-28-17-10(8-25-20(23)26-17)5-14(19(28)29)13-7-12(3-4-15(13)22)27-31-16-6-11(21)9-24-18(16)30-2/h3-9,27H,1-2H3,(H2,23,25,26). The summed E-state index contributed by atoms with van der Waals surface area (Å²) in [6, 6.07) is 7.64. The van der Waals surface area contributed by atoms with Gasteiger partial charge in [0.2, 0.25) is 11.8 Å². The molecule has 0 unspecified atom stereocenters. The van der Waals surface area contributed by atoms with Crippen molar-refractivity contribution in [3.05, 3.63) is 63.9 Å². The average Bonchev–Trinajstić information content (AvgIpc) is 2.76. The van der Waals surface area contributed by atoms with Crippen molar-refractivity contribution < 1.29 is 9.13 Å². The number of aryl methyl sites for hydroxylation is 1. The number of fused-ring (bicyclic) bond motifs is 1. The van der Waals surface area contributed by atoms with Crippen LogP contribution in [0, 0.1) is 5.82 Å². The number of nitrogen functional groups attached to an aromatic ring is 1. The summed E-state index contributed by atoms with van der Waals surface area (Å²) in [5.41, 5.74) is 6.46. The summed E-state index contributed by atoms with van der Waals surface area (Å²) < 4.78 is 24.3. The molecule has 31 heavy (non-hydrogen) atoms. The SMILES string of the molecule is COc1ncc(Cl)cc1SNc1ccc(F)c(-c2cc3cnc(N)nc3n(C)c2=O)c1. The molecule has 0 fully saturated rings. The van der Waals surface area contributed by atoms with Gasteiger partial charge >= 0.3 is 0 Å². The first-order valence-corrected chi connectivity index (χ1v) is 10.1. The Balaban J connectivity index is 1.72. The van der Waals surface area contributed by atoms with Crippen LogP contribution in [-0.2, 0) is 7.05 Å². The lowest BCUT2D eigenvalue weighted by atomic mass is 10.0. The lowest BCUT2D eigenvalue weighted by molar-refractivity contribution is 0.387. The van der Waals surface area contributed by atoms with Gasteiger partial charge in [-0.05, 0) is 42.3 Å². The number of anilines is 2. The Morgan fingerprint density at radius 2 is 2.00 bits per heavy atom. The number of ether oxygens (including phenoxy) is 1. The van der Waals surface area contributed by atoms with Crippen LogP contribution in [-0.4, -0.2) is 26.6 Å². The van der Waals surface area contributed by atoms with Crippen molar-refractivity contribution in [1.82, 2.24) is 19.5 Å². The summed E-state index contributed by atoms with van der Waals surface area (Å²) in [5, 5.41) is 1.01. The quantitative estimate of drug-likeness (QED) is 0.433. The van der Waals surface area contributed by atoms with Crippen LogP contribution in [0.4, 0.5) is 16.0 Å². The number of nitrogens with one attached hydrogen (secondary N) is 1. The fourth-order valence-corrected chi connectivity index (χ4v) is 3.98. The molecule has 0 saturated heterocycles. The Morgan fingerprint density at radius 1 is 1.19 bits per heavy atom. The van der Waals surface area contributed by atoms with Crippen molar-refractivity contribution in [2.24, 2.45) is 7.05 Å². The number of rotatable bonds is 5. The second-order valence-corrected chi connectivity index (χ2v) is 7.77. The van der Waals surface area contributed by atoms with E-state index in [1.165, 1.54) is 42.1 Å². The molecule has 4 rings (SSSR count). The monoisotopic (exact) mass is 458 g/mol. The van der Waals surface area contributed by atoms with Gasteiger partial charge in [-0.2, -0.15) is 4.98 Å². The molecule has 0 saturated carbocycles. The Kier molecular flexibility index (Phi) is 5.66. The molecule has 8 nitrogen and oxygen atoms in total. The molecule has 0 radical (unpaired) electrons. The molecule has 0 aliphatic carbocycles. The van der Waals surface area contributed by atoms with Gasteiger partial charge in [0.15, 0.2) is 0 Å². The third-order valence-corrected chi connectivity index (χ3v) is 5.54. The normalized spacial score (nSPS) is 11.0. The molecule has 0 aliphatic rings. The second kappa shape index (κ2) is 8.40. The van der Waals surface area contributed by atoms with Crippen LogP contribution in [0.15, 0.2) is 52.4 Å². The lowest BCUT2D eigenvalue weighted by Crippen LogP contribution is -2.20. The molecule has 0 spiro atoms. The highest BCUT2D eigenvalue weighted by Crippen LogP contribution is 2.32. The third-order valence-electron chi connectivity index (χ3n) is 4.48. The van der Waals surface area contributed by atoms with E-state index in [0.29, 0.717) is 32.5 Å². The highest BCUT2D eigenvalue weighted by atomic mass is 35.5. The van der Waals surface area contributed by atoms with E-state index in [1.54, 1.807) is 31.3 Å². The average molecular weight is 459 g/mol. The summed E-state index contributed by atoms with van der Waals surface area (Å²) in [7, 11) is 3.05. The maximum absolute atomic E-state index is 14.7. The zero-order valence-electron chi connectivity index (χ0n) is 16.4. The smallest absolute Gasteiger partial charge is 0.259 e. The van der Waals surface area contributed by atoms with Crippen LogP contribution in [0.2, 0.25) is 5.02 Å². The first-order valence-electron chi connectivity index (χ1n) is 8.92. The molecule has 0 atom stereocenters. The predicted molar refractivity (Wildman–Crippen MR) is 120 cm³/mol. The summed E-state index contributed by atoms with van der Waals surface area (Å²) >= 11 is 7.21. The van der Waals surface area contributed by atoms with Gasteiger partial charge in [0, 0.05) is 36.1 Å². The zero-order chi connectivity index (χ0) is 22.1. The van der Waals surface area contributed by atoms with Crippen molar-refractivity contribution >= 4 is 46.2 Å². The van der Waals surface area contributed by atoms with Crippen LogP contribution < -0.4 is 20.8 Å². The first kappa shape index (κ1) is 20.9. The Morgan fingerprint density at radius 3 is 2.77 bits per heavy atom. The molecule has 0 aliphatic heterocycles. The van der Waals surface area contributed by atoms with E-state index in [9.17, 15) is 9.18 Å². The summed E-state index contributed by atoms with van der Waals surface area (Å²) in [4.78, 5) is 25.7. The molecule has 0 amide bonds. The fraction of sp³-hybridized carbons (Fsp3) is 0.100. The highest BCUT2D eigenvalue weighted by Gasteiger charge is 2.15. The molecule has 0 bridgehead atoms. The molecule has 1 aromatic carbocycles. The van der Waals surface area contributed by atoms with Crippen LogP contribution >= 0.6 is 23.5 Å². The van der Waals surface area contributed by atoms with E-state index in [-0.39, 0.29) is 17.1 Å². The van der Waals surface area contributed by atoms with Gasteiger partial charge in [-0.15, -0.1) is 0 Å². The number of nitrogens with two attached hydrogens (primary N) is 1. The topological polar surface area (TPSA) is 108 Å². The van der Waals surface area contributed by atoms with Crippen molar-refractivity contribution in [1.29, 1.82) is 0 Å². The van der Waals surface area contributed by atoms with Gasteiger partial charge < -0.3 is 15.2 Å². The van der Waals surface area contributed by atoms with Crippen molar-refractivity contribution in [2.75, 3.05) is 17.6 Å². The van der Waals surface area contributed by atoms with Crippen molar-refractivity contribution in [3.8, 4) is 17.0 Å². The molecular formula is C20H16ClFN6O2S. The minimum Gasteiger partial charge on any atom is -0.480 e. The Labute approximate surface area is 185 Å². The van der Waals surface area contributed by atoms with E-state index < -0.39 is 11.4 Å².